The lowest BCUT2D eigenvalue weighted by Gasteiger charge is -2.25. The summed E-state index contributed by atoms with van der Waals surface area (Å²) in [6.07, 6.45) is 2.44. The smallest absolute Gasteiger partial charge is 0.224 e. The molecule has 0 bridgehead atoms. The maximum Gasteiger partial charge on any atom is 0.224 e. The van der Waals surface area contributed by atoms with Crippen LogP contribution in [0.1, 0.15) is 6.42 Å². The number of nitrogens with one attached hydrogen (secondary N) is 2. The van der Waals surface area contributed by atoms with E-state index in [-0.39, 0.29) is 5.91 Å². The highest BCUT2D eigenvalue weighted by Crippen LogP contribution is 2.19. The molecule has 0 spiro atoms. The summed E-state index contributed by atoms with van der Waals surface area (Å²) in [6, 6.07) is 7.84. The van der Waals surface area contributed by atoms with Crippen molar-refractivity contribution in [2.75, 3.05) is 18.5 Å². The lowest BCUT2D eigenvalue weighted by molar-refractivity contribution is -0.121. The molecule has 88 valence electrons. The van der Waals surface area contributed by atoms with Gasteiger partial charge in [-0.2, -0.15) is 0 Å². The van der Waals surface area contributed by atoms with E-state index in [2.05, 4.69) is 10.3 Å². The summed E-state index contributed by atoms with van der Waals surface area (Å²) < 4.78 is 5.05. The van der Waals surface area contributed by atoms with Crippen molar-refractivity contribution in [1.29, 1.82) is 0 Å². The molecule has 4 heteroatoms. The minimum absolute atomic E-state index is 0.0631. The monoisotopic (exact) mass is 230 g/mol. The number of carbonyl (C=O) groups is 1. The van der Waals surface area contributed by atoms with Gasteiger partial charge in [-0.25, -0.2) is 0 Å². The number of aromatic nitrogens is 1. The van der Waals surface area contributed by atoms with Gasteiger partial charge in [0.15, 0.2) is 0 Å². The Hall–Kier alpha value is -1.81. The summed E-state index contributed by atoms with van der Waals surface area (Å²) in [5, 5.41) is 4.02. The number of rotatable bonds is 3. The molecule has 1 amide bonds. The van der Waals surface area contributed by atoms with Crippen LogP contribution in [0.25, 0.3) is 10.9 Å². The first kappa shape index (κ1) is 10.4. The molecular formula is C13H14N2O2. The summed E-state index contributed by atoms with van der Waals surface area (Å²) in [6.45, 7) is 1.43. The quantitative estimate of drug-likeness (QED) is 0.848. The second kappa shape index (κ2) is 4.22. The Labute approximate surface area is 99.0 Å². The molecule has 1 aliphatic heterocycles. The van der Waals surface area contributed by atoms with Gasteiger partial charge in [0.25, 0.3) is 0 Å². The molecular weight excluding hydrogens is 216 g/mol. The first-order valence-electron chi connectivity index (χ1n) is 5.76. The van der Waals surface area contributed by atoms with E-state index in [9.17, 15) is 4.79 Å². The highest BCUT2D eigenvalue weighted by Gasteiger charge is 2.21. The van der Waals surface area contributed by atoms with Crippen molar-refractivity contribution in [3.8, 4) is 0 Å². The molecule has 1 aromatic heterocycles. The maximum absolute atomic E-state index is 11.7. The van der Waals surface area contributed by atoms with Crippen molar-refractivity contribution in [3.63, 3.8) is 0 Å². The number of hydrogen-bond donors (Lipinski definition) is 2. The van der Waals surface area contributed by atoms with E-state index in [1.165, 1.54) is 0 Å². The standard InChI is InChI=1S/C13H14N2O2/c16-13(5-9-7-17-8-9)15-11-1-2-12-10(6-11)3-4-14-12/h1-4,6,9,14H,5,7-8H2,(H,15,16). The average molecular weight is 230 g/mol. The van der Waals surface area contributed by atoms with E-state index in [0.717, 1.165) is 16.6 Å². The van der Waals surface area contributed by atoms with Gasteiger partial charge in [-0.1, -0.05) is 0 Å². The van der Waals surface area contributed by atoms with Gasteiger partial charge < -0.3 is 15.0 Å². The molecule has 2 N–H and O–H groups in total. The zero-order valence-electron chi connectivity index (χ0n) is 9.40. The number of amides is 1. The summed E-state index contributed by atoms with van der Waals surface area (Å²) in [4.78, 5) is 14.8. The van der Waals surface area contributed by atoms with Crippen LogP contribution in [0.5, 0.6) is 0 Å². The molecule has 3 rings (SSSR count). The van der Waals surface area contributed by atoms with Gasteiger partial charge in [-0.15, -0.1) is 0 Å². The Balaban J connectivity index is 1.68. The third-order valence-corrected chi connectivity index (χ3v) is 3.02. The molecule has 0 radical (unpaired) electrons. The molecule has 0 atom stereocenters. The van der Waals surface area contributed by atoms with Crippen LogP contribution in [0, 0.1) is 5.92 Å². The number of anilines is 1. The molecule has 2 aromatic rings. The van der Waals surface area contributed by atoms with E-state index in [1.807, 2.05) is 30.5 Å². The van der Waals surface area contributed by atoms with E-state index in [1.54, 1.807) is 0 Å². The van der Waals surface area contributed by atoms with Crippen LogP contribution in [0.2, 0.25) is 0 Å². The first-order chi connectivity index (χ1) is 8.31. The molecule has 17 heavy (non-hydrogen) atoms. The Morgan fingerprint density at radius 2 is 2.29 bits per heavy atom. The SMILES string of the molecule is O=C(CC1COC1)Nc1ccc2[nH]ccc2c1. The highest BCUT2D eigenvalue weighted by molar-refractivity contribution is 5.93. The third kappa shape index (κ3) is 2.17. The van der Waals surface area contributed by atoms with E-state index < -0.39 is 0 Å². The summed E-state index contributed by atoms with van der Waals surface area (Å²) >= 11 is 0. The van der Waals surface area contributed by atoms with Gasteiger partial charge >= 0.3 is 0 Å². The molecule has 1 aliphatic rings. The number of fused-ring (bicyclic) bond motifs is 1. The molecule has 4 nitrogen and oxygen atoms in total. The van der Waals surface area contributed by atoms with E-state index in [4.69, 9.17) is 4.74 Å². The van der Waals surface area contributed by atoms with Crippen LogP contribution in [-0.2, 0) is 9.53 Å². The topological polar surface area (TPSA) is 54.1 Å². The normalized spacial score (nSPS) is 15.8. The minimum atomic E-state index is 0.0631. The van der Waals surface area contributed by atoms with Gasteiger partial charge in [0.05, 0.1) is 13.2 Å². The van der Waals surface area contributed by atoms with Crippen LogP contribution < -0.4 is 5.32 Å². The maximum atomic E-state index is 11.7. The fourth-order valence-corrected chi connectivity index (χ4v) is 2.01. The van der Waals surface area contributed by atoms with Gasteiger partial charge in [-0.3, -0.25) is 4.79 Å². The van der Waals surface area contributed by atoms with Gasteiger partial charge in [0, 0.05) is 35.1 Å². The van der Waals surface area contributed by atoms with Crippen molar-refractivity contribution >= 4 is 22.5 Å². The number of carbonyl (C=O) groups excluding carboxylic acids is 1. The molecule has 2 heterocycles. The molecule has 0 saturated carbocycles. The summed E-state index contributed by atoms with van der Waals surface area (Å²) in [5.74, 6) is 0.458. The molecule has 0 aliphatic carbocycles. The average Bonchev–Trinajstić information content (AvgIpc) is 2.71. The molecule has 1 aromatic carbocycles. The summed E-state index contributed by atoms with van der Waals surface area (Å²) in [7, 11) is 0. The first-order valence-corrected chi connectivity index (χ1v) is 5.76. The van der Waals surface area contributed by atoms with E-state index >= 15 is 0 Å². The lowest BCUT2D eigenvalue weighted by atomic mass is 10.0. The molecule has 0 unspecified atom stereocenters. The van der Waals surface area contributed by atoms with Gasteiger partial charge in [0.1, 0.15) is 0 Å². The lowest BCUT2D eigenvalue weighted by Crippen LogP contribution is -2.31. The Bertz CT molecular complexity index is 543. The van der Waals surface area contributed by atoms with Gasteiger partial charge in [-0.05, 0) is 24.3 Å². The Morgan fingerprint density at radius 1 is 1.41 bits per heavy atom. The van der Waals surface area contributed by atoms with Crippen molar-refractivity contribution in [2.24, 2.45) is 5.92 Å². The zero-order valence-corrected chi connectivity index (χ0v) is 9.40. The highest BCUT2D eigenvalue weighted by atomic mass is 16.5. The number of aromatic amines is 1. The van der Waals surface area contributed by atoms with Crippen molar-refractivity contribution in [3.05, 3.63) is 30.5 Å². The number of H-pyrrole nitrogens is 1. The van der Waals surface area contributed by atoms with Gasteiger partial charge in [0.2, 0.25) is 5.91 Å². The predicted octanol–water partition coefficient (Wildman–Crippen LogP) is 2.14. The van der Waals surface area contributed by atoms with Crippen LogP contribution >= 0.6 is 0 Å². The predicted molar refractivity (Wildman–Crippen MR) is 65.9 cm³/mol. The number of ether oxygens (including phenoxy) is 1. The summed E-state index contributed by atoms with van der Waals surface area (Å²) in [5.41, 5.74) is 1.93. The fourth-order valence-electron chi connectivity index (χ4n) is 2.01. The molecule has 1 saturated heterocycles. The minimum Gasteiger partial charge on any atom is -0.381 e. The van der Waals surface area contributed by atoms with Crippen molar-refractivity contribution in [2.45, 2.75) is 6.42 Å². The van der Waals surface area contributed by atoms with Crippen molar-refractivity contribution in [1.82, 2.24) is 4.98 Å². The second-order valence-corrected chi connectivity index (χ2v) is 4.44. The van der Waals surface area contributed by atoms with Crippen molar-refractivity contribution < 1.29 is 9.53 Å². The molecule has 1 fully saturated rings. The Morgan fingerprint density at radius 3 is 3.06 bits per heavy atom. The largest absolute Gasteiger partial charge is 0.381 e. The van der Waals surface area contributed by atoms with Crippen LogP contribution in [0.3, 0.4) is 0 Å². The van der Waals surface area contributed by atoms with E-state index in [0.29, 0.717) is 25.6 Å². The fraction of sp³-hybridized carbons (Fsp3) is 0.308. The number of hydrogen-bond acceptors (Lipinski definition) is 2. The van der Waals surface area contributed by atoms with Crippen LogP contribution in [0.15, 0.2) is 30.5 Å². The van der Waals surface area contributed by atoms with Crippen LogP contribution in [0.4, 0.5) is 5.69 Å². The Kier molecular flexibility index (Phi) is 2.57. The zero-order chi connectivity index (χ0) is 11.7. The second-order valence-electron chi connectivity index (χ2n) is 4.44. The number of benzene rings is 1. The van der Waals surface area contributed by atoms with Crippen LogP contribution in [-0.4, -0.2) is 24.1 Å². The third-order valence-electron chi connectivity index (χ3n) is 3.02.